The van der Waals surface area contributed by atoms with Crippen LogP contribution in [0, 0.1) is 0 Å². The number of nitrogens with zero attached hydrogens (tertiary/aromatic N) is 5. The lowest BCUT2D eigenvalue weighted by atomic mass is 10.3. The van der Waals surface area contributed by atoms with Crippen molar-refractivity contribution in [2.75, 3.05) is 12.4 Å². The largest absolute Gasteiger partial charge is 0.457 e. The minimum absolute atomic E-state index is 0.0688. The van der Waals surface area contributed by atoms with Gasteiger partial charge in [-0.3, -0.25) is 0 Å². The maximum atomic E-state index is 12.4. The molecule has 0 aliphatic rings. The zero-order chi connectivity index (χ0) is 18.5. The van der Waals surface area contributed by atoms with E-state index in [2.05, 4.69) is 30.3 Å². The third kappa shape index (κ3) is 4.33. The molecule has 1 aromatic carbocycles. The summed E-state index contributed by atoms with van der Waals surface area (Å²) in [6.07, 6.45) is 3.14. The van der Waals surface area contributed by atoms with Crippen LogP contribution in [0.25, 0.3) is 5.69 Å². The fraction of sp³-hybridized carbons (Fsp3) is 0.200. The van der Waals surface area contributed by atoms with Crippen molar-refractivity contribution in [3.05, 3.63) is 47.4 Å². The number of nitrogens with one attached hydrogen (secondary N) is 1. The van der Waals surface area contributed by atoms with Crippen molar-refractivity contribution >= 4 is 17.4 Å². The molecule has 3 aromatic rings. The van der Waals surface area contributed by atoms with Gasteiger partial charge in [0.05, 0.1) is 16.9 Å². The van der Waals surface area contributed by atoms with Gasteiger partial charge in [-0.2, -0.15) is 13.8 Å². The number of hydrogen-bond acceptors (Lipinski definition) is 7. The predicted octanol–water partition coefficient (Wildman–Crippen LogP) is 2.93. The van der Waals surface area contributed by atoms with Crippen LogP contribution < -0.4 is 14.8 Å². The second-order valence-electron chi connectivity index (χ2n) is 4.91. The Kier molecular flexibility index (Phi) is 5.42. The third-order valence-electron chi connectivity index (χ3n) is 3.17. The van der Waals surface area contributed by atoms with Gasteiger partial charge in [0, 0.05) is 19.3 Å². The Morgan fingerprint density at radius 1 is 1.31 bits per heavy atom. The number of rotatable bonds is 7. The Bertz CT molecular complexity index is 892. The topological polar surface area (TPSA) is 87.0 Å². The first-order chi connectivity index (χ1) is 12.5. The molecule has 3 rings (SSSR count). The average molecular weight is 383 g/mol. The number of ether oxygens (including phenoxy) is 2. The molecule has 2 aromatic heterocycles. The minimum Gasteiger partial charge on any atom is -0.457 e. The molecule has 136 valence electrons. The van der Waals surface area contributed by atoms with Crippen molar-refractivity contribution in [3.63, 3.8) is 0 Å². The molecule has 8 nitrogen and oxygen atoms in total. The molecule has 0 bridgehead atoms. The highest BCUT2D eigenvalue weighted by Gasteiger charge is 2.12. The molecule has 0 saturated heterocycles. The molecule has 0 atom stereocenters. The lowest BCUT2D eigenvalue weighted by Gasteiger charge is -2.08. The SMILES string of the molecule is CNc1ccnc(OCc2cn(-c3ccc(Cl)c(OC(F)F)c3)nn2)n1. The van der Waals surface area contributed by atoms with Crippen LogP contribution in [0.3, 0.4) is 0 Å². The molecule has 2 heterocycles. The van der Waals surface area contributed by atoms with Crippen molar-refractivity contribution < 1.29 is 18.3 Å². The van der Waals surface area contributed by atoms with E-state index in [4.69, 9.17) is 16.3 Å². The van der Waals surface area contributed by atoms with E-state index in [1.165, 1.54) is 16.8 Å². The first-order valence-electron chi connectivity index (χ1n) is 7.34. The lowest BCUT2D eigenvalue weighted by molar-refractivity contribution is -0.0497. The van der Waals surface area contributed by atoms with Crippen LogP contribution in [0.15, 0.2) is 36.7 Å². The molecule has 0 radical (unpaired) electrons. The summed E-state index contributed by atoms with van der Waals surface area (Å²) in [5.41, 5.74) is 0.951. The number of aromatic nitrogens is 5. The zero-order valence-corrected chi connectivity index (χ0v) is 14.2. The van der Waals surface area contributed by atoms with Crippen LogP contribution in [-0.2, 0) is 6.61 Å². The quantitative estimate of drug-likeness (QED) is 0.672. The normalized spacial score (nSPS) is 10.8. The van der Waals surface area contributed by atoms with E-state index in [9.17, 15) is 8.78 Å². The molecule has 0 aliphatic heterocycles. The number of halogens is 3. The summed E-state index contributed by atoms with van der Waals surface area (Å²) < 4.78 is 36.0. The van der Waals surface area contributed by atoms with E-state index in [1.54, 1.807) is 31.6 Å². The maximum absolute atomic E-state index is 12.4. The van der Waals surface area contributed by atoms with E-state index >= 15 is 0 Å². The average Bonchev–Trinajstić information content (AvgIpc) is 3.10. The second-order valence-corrected chi connectivity index (χ2v) is 5.32. The lowest BCUT2D eigenvalue weighted by Crippen LogP contribution is -2.04. The number of alkyl halides is 2. The summed E-state index contributed by atoms with van der Waals surface area (Å²) in [7, 11) is 1.73. The van der Waals surface area contributed by atoms with Gasteiger partial charge in [0.2, 0.25) is 0 Å². The van der Waals surface area contributed by atoms with E-state index in [1.807, 2.05) is 0 Å². The van der Waals surface area contributed by atoms with Crippen molar-refractivity contribution in [1.29, 1.82) is 0 Å². The monoisotopic (exact) mass is 382 g/mol. The van der Waals surface area contributed by atoms with Crippen LogP contribution >= 0.6 is 11.6 Å². The van der Waals surface area contributed by atoms with E-state index < -0.39 is 6.61 Å². The van der Waals surface area contributed by atoms with Gasteiger partial charge in [-0.15, -0.1) is 5.10 Å². The molecule has 0 unspecified atom stereocenters. The van der Waals surface area contributed by atoms with Gasteiger partial charge in [0.15, 0.2) is 0 Å². The Hall–Kier alpha value is -3.01. The van der Waals surface area contributed by atoms with Crippen molar-refractivity contribution in [3.8, 4) is 17.4 Å². The Morgan fingerprint density at radius 3 is 2.92 bits per heavy atom. The van der Waals surface area contributed by atoms with Crippen molar-refractivity contribution in [2.45, 2.75) is 13.2 Å². The molecule has 0 saturated carbocycles. The van der Waals surface area contributed by atoms with Crippen LogP contribution in [0.2, 0.25) is 5.02 Å². The molecular formula is C15H13ClF2N6O2. The number of anilines is 1. The molecule has 0 amide bonds. The van der Waals surface area contributed by atoms with Crippen molar-refractivity contribution in [2.24, 2.45) is 0 Å². The van der Waals surface area contributed by atoms with E-state index in [0.717, 1.165) is 0 Å². The van der Waals surface area contributed by atoms with Crippen LogP contribution in [0.1, 0.15) is 5.69 Å². The second kappa shape index (κ2) is 7.91. The van der Waals surface area contributed by atoms with Gasteiger partial charge < -0.3 is 14.8 Å². The van der Waals surface area contributed by atoms with Crippen molar-refractivity contribution in [1.82, 2.24) is 25.0 Å². The predicted molar refractivity (Wildman–Crippen MR) is 88.9 cm³/mol. The highest BCUT2D eigenvalue weighted by atomic mass is 35.5. The van der Waals surface area contributed by atoms with Crippen LogP contribution in [-0.4, -0.2) is 38.6 Å². The molecule has 26 heavy (non-hydrogen) atoms. The molecule has 1 N–H and O–H groups in total. The maximum Gasteiger partial charge on any atom is 0.387 e. The van der Waals surface area contributed by atoms with Gasteiger partial charge in [-0.05, 0) is 18.2 Å². The molecular weight excluding hydrogens is 370 g/mol. The first kappa shape index (κ1) is 17.8. The number of hydrogen-bond donors (Lipinski definition) is 1. The standard InChI is InChI=1S/C15H13ClF2N6O2/c1-19-13-4-5-20-15(21-13)25-8-9-7-24(23-22-9)10-2-3-11(16)12(6-10)26-14(17)18/h2-7,14H,8H2,1H3,(H,19,20,21). The smallest absolute Gasteiger partial charge is 0.387 e. The molecule has 0 spiro atoms. The van der Waals surface area contributed by atoms with E-state index in [0.29, 0.717) is 17.2 Å². The van der Waals surface area contributed by atoms with Gasteiger partial charge in [-0.25, -0.2) is 9.67 Å². The van der Waals surface area contributed by atoms with E-state index in [-0.39, 0.29) is 23.4 Å². The van der Waals surface area contributed by atoms with Crippen LogP contribution in [0.4, 0.5) is 14.6 Å². The number of benzene rings is 1. The van der Waals surface area contributed by atoms with Gasteiger partial charge in [0.1, 0.15) is 23.9 Å². The Morgan fingerprint density at radius 2 is 2.15 bits per heavy atom. The summed E-state index contributed by atoms with van der Waals surface area (Å²) in [6.45, 7) is -2.89. The highest BCUT2D eigenvalue weighted by molar-refractivity contribution is 6.32. The fourth-order valence-corrected chi connectivity index (χ4v) is 2.16. The first-order valence-corrected chi connectivity index (χ1v) is 7.72. The Balaban J connectivity index is 1.71. The summed E-state index contributed by atoms with van der Waals surface area (Å²) in [5, 5.41) is 10.8. The van der Waals surface area contributed by atoms with Gasteiger partial charge >= 0.3 is 12.6 Å². The fourth-order valence-electron chi connectivity index (χ4n) is 2.00. The molecule has 0 fully saturated rings. The molecule has 11 heteroatoms. The highest BCUT2D eigenvalue weighted by Crippen LogP contribution is 2.28. The van der Waals surface area contributed by atoms with Gasteiger partial charge in [0.25, 0.3) is 0 Å². The summed E-state index contributed by atoms with van der Waals surface area (Å²) in [5.74, 6) is 0.469. The summed E-state index contributed by atoms with van der Waals surface area (Å²) in [4.78, 5) is 8.10. The summed E-state index contributed by atoms with van der Waals surface area (Å²) in [6, 6.07) is 6.25. The third-order valence-corrected chi connectivity index (χ3v) is 3.49. The van der Waals surface area contributed by atoms with Gasteiger partial charge in [-0.1, -0.05) is 16.8 Å². The Labute approximate surface area is 151 Å². The van der Waals surface area contributed by atoms with Crippen LogP contribution in [0.5, 0.6) is 11.8 Å². The zero-order valence-electron chi connectivity index (χ0n) is 13.4. The molecule has 0 aliphatic carbocycles. The summed E-state index contributed by atoms with van der Waals surface area (Å²) >= 11 is 5.83. The minimum atomic E-state index is -2.98.